The molecule has 86 valence electrons. The van der Waals surface area contributed by atoms with Gasteiger partial charge in [-0.1, -0.05) is 24.3 Å². The molecule has 0 saturated heterocycles. The van der Waals surface area contributed by atoms with Crippen LogP contribution in [-0.4, -0.2) is 5.12 Å². The lowest BCUT2D eigenvalue weighted by atomic mass is 10.1. The van der Waals surface area contributed by atoms with Crippen LogP contribution in [0.15, 0.2) is 53.4 Å². The van der Waals surface area contributed by atoms with Crippen molar-refractivity contribution in [1.29, 1.82) is 0 Å². The molecular weight excluding hydrogens is 230 g/mol. The fourth-order valence-electron chi connectivity index (χ4n) is 1.52. The highest BCUT2D eigenvalue weighted by Gasteiger charge is 2.11. The summed E-state index contributed by atoms with van der Waals surface area (Å²) in [6.45, 7) is 1.95. The molecule has 0 bridgehead atoms. The van der Waals surface area contributed by atoms with Crippen LogP contribution < -0.4 is 5.73 Å². The van der Waals surface area contributed by atoms with E-state index in [1.165, 1.54) is 11.8 Å². The van der Waals surface area contributed by atoms with Gasteiger partial charge in [0.25, 0.3) is 0 Å². The Morgan fingerprint density at radius 1 is 1.12 bits per heavy atom. The Kier molecular flexibility index (Phi) is 3.49. The predicted molar refractivity (Wildman–Crippen MR) is 72.2 cm³/mol. The minimum atomic E-state index is -0.0197. The number of benzene rings is 2. The maximum atomic E-state index is 12.0. The van der Waals surface area contributed by atoms with Crippen LogP contribution in [0.3, 0.4) is 0 Å². The van der Waals surface area contributed by atoms with Crippen molar-refractivity contribution in [3.8, 4) is 0 Å². The molecule has 17 heavy (non-hydrogen) atoms. The number of hydrogen-bond acceptors (Lipinski definition) is 3. The Labute approximate surface area is 105 Å². The lowest BCUT2D eigenvalue weighted by Crippen LogP contribution is -2.00. The maximum Gasteiger partial charge on any atom is 0.226 e. The van der Waals surface area contributed by atoms with Crippen LogP contribution in [0.25, 0.3) is 0 Å². The van der Waals surface area contributed by atoms with Gasteiger partial charge in [0.2, 0.25) is 5.12 Å². The lowest BCUT2D eigenvalue weighted by molar-refractivity contribution is 0.109. The SMILES string of the molecule is Cc1ccc(C(=O)Sc2ccccc2)c(N)c1. The second-order valence-electron chi connectivity index (χ2n) is 3.79. The van der Waals surface area contributed by atoms with Gasteiger partial charge in [-0.2, -0.15) is 0 Å². The number of carbonyl (C=O) groups is 1. The van der Waals surface area contributed by atoms with E-state index in [9.17, 15) is 4.79 Å². The smallest absolute Gasteiger partial charge is 0.226 e. The third kappa shape index (κ3) is 2.88. The average molecular weight is 243 g/mol. The number of nitrogens with two attached hydrogens (primary N) is 1. The third-order valence-electron chi connectivity index (χ3n) is 2.38. The quantitative estimate of drug-likeness (QED) is 0.648. The first kappa shape index (κ1) is 11.7. The summed E-state index contributed by atoms with van der Waals surface area (Å²) in [7, 11) is 0. The molecule has 2 nitrogen and oxygen atoms in total. The highest BCUT2D eigenvalue weighted by Crippen LogP contribution is 2.25. The van der Waals surface area contributed by atoms with Crippen LogP contribution in [-0.2, 0) is 0 Å². The molecule has 0 unspecified atom stereocenters. The Morgan fingerprint density at radius 2 is 1.82 bits per heavy atom. The summed E-state index contributed by atoms with van der Waals surface area (Å²) in [6, 6.07) is 15.1. The van der Waals surface area contributed by atoms with E-state index in [2.05, 4.69) is 0 Å². The van der Waals surface area contributed by atoms with Gasteiger partial charge in [-0.3, -0.25) is 4.79 Å². The molecule has 2 aromatic rings. The standard InChI is InChI=1S/C14H13NOS/c1-10-7-8-12(13(15)9-10)14(16)17-11-5-3-2-4-6-11/h2-9H,15H2,1H3. The molecule has 0 saturated carbocycles. The Balaban J connectivity index is 2.21. The largest absolute Gasteiger partial charge is 0.398 e. The molecule has 0 heterocycles. The summed E-state index contributed by atoms with van der Waals surface area (Å²) >= 11 is 1.20. The fourth-order valence-corrected chi connectivity index (χ4v) is 2.32. The molecule has 0 aromatic heterocycles. The predicted octanol–water partition coefficient (Wildman–Crippen LogP) is 3.51. The van der Waals surface area contributed by atoms with Crippen LogP contribution in [0.5, 0.6) is 0 Å². The number of aryl methyl sites for hydroxylation is 1. The second kappa shape index (κ2) is 5.06. The van der Waals surface area contributed by atoms with Gasteiger partial charge in [-0.15, -0.1) is 0 Å². The first-order chi connectivity index (χ1) is 8.16. The summed E-state index contributed by atoms with van der Waals surface area (Å²) in [4.78, 5) is 13.0. The molecule has 2 rings (SSSR count). The molecule has 3 heteroatoms. The minimum absolute atomic E-state index is 0.0197. The second-order valence-corrected chi connectivity index (χ2v) is 4.84. The van der Waals surface area contributed by atoms with E-state index >= 15 is 0 Å². The van der Waals surface area contributed by atoms with Gasteiger partial charge in [-0.05, 0) is 48.5 Å². The van der Waals surface area contributed by atoms with Crippen molar-refractivity contribution < 1.29 is 4.79 Å². The number of hydrogen-bond donors (Lipinski definition) is 1. The number of carbonyl (C=O) groups excluding carboxylic acids is 1. The number of anilines is 1. The van der Waals surface area contributed by atoms with E-state index in [0.29, 0.717) is 11.3 Å². The molecule has 2 N–H and O–H groups in total. The summed E-state index contributed by atoms with van der Waals surface area (Å²) in [6.07, 6.45) is 0. The summed E-state index contributed by atoms with van der Waals surface area (Å²) in [5.74, 6) is 0. The van der Waals surface area contributed by atoms with E-state index < -0.39 is 0 Å². The Morgan fingerprint density at radius 3 is 2.47 bits per heavy atom. The molecule has 0 fully saturated rings. The minimum Gasteiger partial charge on any atom is -0.398 e. The number of rotatable bonds is 2. The molecular formula is C14H13NOS. The molecule has 0 aliphatic rings. The zero-order valence-corrected chi connectivity index (χ0v) is 10.3. The molecule has 0 spiro atoms. The summed E-state index contributed by atoms with van der Waals surface area (Å²) in [5, 5.41) is -0.0197. The van der Waals surface area contributed by atoms with Crippen molar-refractivity contribution in [2.45, 2.75) is 11.8 Å². The van der Waals surface area contributed by atoms with Gasteiger partial charge in [0.1, 0.15) is 0 Å². The van der Waals surface area contributed by atoms with Gasteiger partial charge in [0.15, 0.2) is 0 Å². The van der Waals surface area contributed by atoms with Crippen LogP contribution in [0.2, 0.25) is 0 Å². The van der Waals surface area contributed by atoms with Crippen molar-refractivity contribution >= 4 is 22.6 Å². The highest BCUT2D eigenvalue weighted by molar-refractivity contribution is 8.14. The van der Waals surface area contributed by atoms with Crippen molar-refractivity contribution in [1.82, 2.24) is 0 Å². The van der Waals surface area contributed by atoms with E-state index in [-0.39, 0.29) is 5.12 Å². The van der Waals surface area contributed by atoms with E-state index in [1.54, 1.807) is 6.07 Å². The molecule has 0 aliphatic heterocycles. The Bertz CT molecular complexity index is 537. The van der Waals surface area contributed by atoms with Gasteiger partial charge in [0, 0.05) is 10.6 Å². The van der Waals surface area contributed by atoms with Gasteiger partial charge in [-0.25, -0.2) is 0 Å². The average Bonchev–Trinajstić information content (AvgIpc) is 2.30. The fraction of sp³-hybridized carbons (Fsp3) is 0.0714. The maximum absolute atomic E-state index is 12.0. The molecule has 0 atom stereocenters. The Hall–Kier alpha value is -1.74. The van der Waals surface area contributed by atoms with Crippen LogP contribution in [0, 0.1) is 6.92 Å². The number of thioether (sulfide) groups is 1. The van der Waals surface area contributed by atoms with Crippen molar-refractivity contribution in [3.05, 3.63) is 59.7 Å². The molecule has 0 radical (unpaired) electrons. The molecule has 0 amide bonds. The third-order valence-corrected chi connectivity index (χ3v) is 3.29. The normalized spacial score (nSPS) is 10.2. The van der Waals surface area contributed by atoms with Crippen molar-refractivity contribution in [2.75, 3.05) is 5.73 Å². The van der Waals surface area contributed by atoms with Crippen LogP contribution >= 0.6 is 11.8 Å². The topological polar surface area (TPSA) is 43.1 Å². The summed E-state index contributed by atoms with van der Waals surface area (Å²) < 4.78 is 0. The van der Waals surface area contributed by atoms with Gasteiger partial charge >= 0.3 is 0 Å². The van der Waals surface area contributed by atoms with E-state index in [1.807, 2.05) is 49.4 Å². The van der Waals surface area contributed by atoms with E-state index in [0.717, 1.165) is 10.5 Å². The first-order valence-electron chi connectivity index (χ1n) is 5.30. The summed E-state index contributed by atoms with van der Waals surface area (Å²) in [5.41, 5.74) is 8.01. The monoisotopic (exact) mass is 243 g/mol. The van der Waals surface area contributed by atoms with Crippen LogP contribution in [0.4, 0.5) is 5.69 Å². The first-order valence-corrected chi connectivity index (χ1v) is 6.12. The number of nitrogen functional groups attached to an aromatic ring is 1. The lowest BCUT2D eigenvalue weighted by Gasteiger charge is -2.05. The highest BCUT2D eigenvalue weighted by atomic mass is 32.2. The van der Waals surface area contributed by atoms with E-state index in [4.69, 9.17) is 5.73 Å². The molecule has 0 aliphatic carbocycles. The molecule has 2 aromatic carbocycles. The van der Waals surface area contributed by atoms with Crippen molar-refractivity contribution in [3.63, 3.8) is 0 Å². The van der Waals surface area contributed by atoms with Crippen LogP contribution in [0.1, 0.15) is 15.9 Å². The van der Waals surface area contributed by atoms with Gasteiger partial charge < -0.3 is 5.73 Å². The zero-order valence-electron chi connectivity index (χ0n) is 9.51. The van der Waals surface area contributed by atoms with Gasteiger partial charge in [0.05, 0.1) is 5.56 Å². The van der Waals surface area contributed by atoms with Crippen molar-refractivity contribution in [2.24, 2.45) is 0 Å². The zero-order chi connectivity index (χ0) is 12.3.